The molecule has 0 amide bonds. The Balaban J connectivity index is 1.99. The molecule has 0 fully saturated rings. The van der Waals surface area contributed by atoms with Crippen LogP contribution in [0.4, 0.5) is 0 Å². The number of hydrogen-bond donors (Lipinski definition) is 0. The van der Waals surface area contributed by atoms with E-state index in [1.54, 1.807) is 18.0 Å². The van der Waals surface area contributed by atoms with Gasteiger partial charge in [0.25, 0.3) is 0 Å². The maximum absolute atomic E-state index is 12.1. The van der Waals surface area contributed by atoms with Gasteiger partial charge in [-0.25, -0.2) is 4.98 Å². The van der Waals surface area contributed by atoms with E-state index < -0.39 is 0 Å². The minimum Gasteiger partial charge on any atom is -0.293 e. The highest BCUT2D eigenvalue weighted by molar-refractivity contribution is 9.10. The molecule has 1 aromatic carbocycles. The molecule has 0 spiro atoms. The summed E-state index contributed by atoms with van der Waals surface area (Å²) < 4.78 is 0.922. The quantitative estimate of drug-likeness (QED) is 0.582. The Kier molecular flexibility index (Phi) is 5.48. The lowest BCUT2D eigenvalue weighted by molar-refractivity contribution is 0.102. The molecular weight excluding hydrogens is 342 g/mol. The van der Waals surface area contributed by atoms with Gasteiger partial charge in [-0.05, 0) is 46.5 Å². The average molecular weight is 354 g/mol. The van der Waals surface area contributed by atoms with E-state index in [0.717, 1.165) is 20.0 Å². The monoisotopic (exact) mass is 353 g/mol. The number of halogens is 1. The number of thioether (sulfide) groups is 2. The molecule has 0 unspecified atom stereocenters. The molecule has 1 aromatic heterocycles. The third-order valence-corrected chi connectivity index (χ3v) is 5.13. The van der Waals surface area contributed by atoms with Crippen molar-refractivity contribution in [1.29, 1.82) is 0 Å². The van der Waals surface area contributed by atoms with E-state index >= 15 is 0 Å². The van der Waals surface area contributed by atoms with Gasteiger partial charge in [0.05, 0.1) is 5.75 Å². The van der Waals surface area contributed by atoms with Crippen molar-refractivity contribution < 1.29 is 4.79 Å². The zero-order chi connectivity index (χ0) is 13.7. The molecule has 0 bridgehead atoms. The molecule has 0 aliphatic carbocycles. The number of carbonyl (C=O) groups excluding carboxylic acids is 1. The van der Waals surface area contributed by atoms with Crippen molar-refractivity contribution in [1.82, 2.24) is 4.98 Å². The Morgan fingerprint density at radius 3 is 2.63 bits per heavy atom. The summed E-state index contributed by atoms with van der Waals surface area (Å²) in [6.07, 6.45) is 3.75. The summed E-state index contributed by atoms with van der Waals surface area (Å²) >= 11 is 6.54. The number of Topliss-reactive ketones (excluding diaryl/α,β-unsaturated/α-hetero) is 1. The van der Waals surface area contributed by atoms with Crippen LogP contribution in [-0.4, -0.2) is 22.8 Å². The van der Waals surface area contributed by atoms with Crippen molar-refractivity contribution in [3.63, 3.8) is 0 Å². The normalized spacial score (nSPS) is 10.4. The fourth-order valence-electron chi connectivity index (χ4n) is 1.47. The van der Waals surface area contributed by atoms with Crippen LogP contribution in [0.3, 0.4) is 0 Å². The van der Waals surface area contributed by atoms with E-state index in [9.17, 15) is 4.79 Å². The SMILES string of the molecule is CSc1ccc(C(=O)CSc2ncccc2Br)cc1. The number of pyridine rings is 1. The second-order valence-corrected chi connectivity index (χ2v) is 6.43. The molecule has 0 aliphatic rings. The topological polar surface area (TPSA) is 30.0 Å². The first-order valence-corrected chi connectivity index (χ1v) is 8.61. The number of nitrogens with zero attached hydrogens (tertiary/aromatic N) is 1. The minimum atomic E-state index is 0.121. The van der Waals surface area contributed by atoms with Gasteiger partial charge < -0.3 is 0 Å². The second-order valence-electron chi connectivity index (χ2n) is 3.73. The van der Waals surface area contributed by atoms with E-state index in [2.05, 4.69) is 20.9 Å². The third kappa shape index (κ3) is 4.09. The standard InChI is InChI=1S/C14H12BrNOS2/c1-18-11-6-4-10(5-7-11)13(17)9-19-14-12(15)3-2-8-16-14/h2-8H,9H2,1H3. The average Bonchev–Trinajstić information content (AvgIpc) is 2.46. The summed E-state index contributed by atoms with van der Waals surface area (Å²) in [6.45, 7) is 0. The Bertz CT molecular complexity index is 572. The third-order valence-electron chi connectivity index (χ3n) is 2.48. The van der Waals surface area contributed by atoms with Crippen LogP contribution in [0.1, 0.15) is 10.4 Å². The van der Waals surface area contributed by atoms with Gasteiger partial charge in [0.2, 0.25) is 0 Å². The molecule has 2 aromatic rings. The predicted molar refractivity (Wildman–Crippen MR) is 85.2 cm³/mol. The minimum absolute atomic E-state index is 0.121. The van der Waals surface area contributed by atoms with E-state index in [1.165, 1.54) is 11.8 Å². The van der Waals surface area contributed by atoms with Crippen molar-refractivity contribution in [2.24, 2.45) is 0 Å². The Hall–Kier alpha value is -0.780. The van der Waals surface area contributed by atoms with Crippen molar-refractivity contribution in [2.75, 3.05) is 12.0 Å². The fourth-order valence-corrected chi connectivity index (χ4v) is 3.25. The summed E-state index contributed by atoms with van der Waals surface area (Å²) in [4.78, 5) is 17.5. The van der Waals surface area contributed by atoms with Crippen LogP contribution < -0.4 is 0 Å². The van der Waals surface area contributed by atoms with Gasteiger partial charge in [0.1, 0.15) is 5.03 Å². The van der Waals surface area contributed by atoms with Gasteiger partial charge in [-0.2, -0.15) is 0 Å². The maximum atomic E-state index is 12.1. The van der Waals surface area contributed by atoms with Gasteiger partial charge in [0, 0.05) is 21.1 Å². The lowest BCUT2D eigenvalue weighted by Crippen LogP contribution is -2.02. The lowest BCUT2D eigenvalue weighted by atomic mass is 10.1. The van der Waals surface area contributed by atoms with Crippen LogP contribution >= 0.6 is 39.5 Å². The van der Waals surface area contributed by atoms with Crippen molar-refractivity contribution >= 4 is 45.2 Å². The van der Waals surface area contributed by atoms with Crippen LogP contribution in [0.5, 0.6) is 0 Å². The van der Waals surface area contributed by atoms with Crippen LogP contribution in [-0.2, 0) is 0 Å². The highest BCUT2D eigenvalue weighted by atomic mass is 79.9. The number of aromatic nitrogens is 1. The van der Waals surface area contributed by atoms with Gasteiger partial charge in [-0.1, -0.05) is 23.9 Å². The molecule has 0 radical (unpaired) electrons. The molecular formula is C14H12BrNOS2. The second kappa shape index (κ2) is 7.12. The summed E-state index contributed by atoms with van der Waals surface area (Å²) in [5, 5.41) is 0.844. The first kappa shape index (κ1) is 14.6. The molecule has 0 saturated carbocycles. The van der Waals surface area contributed by atoms with Crippen LogP contribution in [0, 0.1) is 0 Å². The lowest BCUT2D eigenvalue weighted by Gasteiger charge is -2.03. The van der Waals surface area contributed by atoms with E-state index in [-0.39, 0.29) is 5.78 Å². The number of hydrogen-bond acceptors (Lipinski definition) is 4. The smallest absolute Gasteiger partial charge is 0.173 e. The zero-order valence-electron chi connectivity index (χ0n) is 10.3. The summed E-state index contributed by atoms with van der Waals surface area (Å²) in [7, 11) is 0. The molecule has 5 heteroatoms. The summed E-state index contributed by atoms with van der Waals surface area (Å²) in [5.41, 5.74) is 0.748. The highest BCUT2D eigenvalue weighted by Crippen LogP contribution is 2.25. The maximum Gasteiger partial charge on any atom is 0.173 e. The number of ketones is 1. The van der Waals surface area contributed by atoms with E-state index in [0.29, 0.717) is 5.75 Å². The van der Waals surface area contributed by atoms with E-state index in [1.807, 2.05) is 42.7 Å². The van der Waals surface area contributed by atoms with Crippen molar-refractivity contribution in [2.45, 2.75) is 9.92 Å². The Morgan fingerprint density at radius 1 is 1.26 bits per heavy atom. The molecule has 0 saturated heterocycles. The van der Waals surface area contributed by atoms with E-state index in [4.69, 9.17) is 0 Å². The number of carbonyl (C=O) groups is 1. The Morgan fingerprint density at radius 2 is 2.00 bits per heavy atom. The first-order chi connectivity index (χ1) is 9.20. The highest BCUT2D eigenvalue weighted by Gasteiger charge is 2.08. The first-order valence-electron chi connectivity index (χ1n) is 5.61. The molecule has 2 rings (SSSR count). The molecule has 19 heavy (non-hydrogen) atoms. The zero-order valence-corrected chi connectivity index (χ0v) is 13.5. The molecule has 0 atom stereocenters. The van der Waals surface area contributed by atoms with Crippen LogP contribution in [0.15, 0.2) is 57.0 Å². The predicted octanol–water partition coefficient (Wildman–Crippen LogP) is 4.54. The molecule has 0 N–H and O–H groups in total. The van der Waals surface area contributed by atoms with Crippen LogP contribution in [0.2, 0.25) is 0 Å². The fraction of sp³-hybridized carbons (Fsp3) is 0.143. The molecule has 1 heterocycles. The molecule has 98 valence electrons. The largest absolute Gasteiger partial charge is 0.293 e. The van der Waals surface area contributed by atoms with Gasteiger partial charge in [-0.15, -0.1) is 11.8 Å². The summed E-state index contributed by atoms with van der Waals surface area (Å²) in [6, 6.07) is 11.5. The number of benzene rings is 1. The summed E-state index contributed by atoms with van der Waals surface area (Å²) in [5.74, 6) is 0.518. The van der Waals surface area contributed by atoms with Gasteiger partial charge in [0.15, 0.2) is 5.78 Å². The van der Waals surface area contributed by atoms with Crippen molar-refractivity contribution in [3.8, 4) is 0 Å². The van der Waals surface area contributed by atoms with Gasteiger partial charge >= 0.3 is 0 Å². The van der Waals surface area contributed by atoms with Gasteiger partial charge in [-0.3, -0.25) is 4.79 Å². The Labute approximate surface area is 129 Å². The molecule has 0 aliphatic heterocycles. The van der Waals surface area contributed by atoms with Crippen LogP contribution in [0.25, 0.3) is 0 Å². The van der Waals surface area contributed by atoms with Crippen molar-refractivity contribution in [3.05, 3.63) is 52.6 Å². The number of rotatable bonds is 5. The molecule has 2 nitrogen and oxygen atoms in total.